The number of anilines is 1. The van der Waals surface area contributed by atoms with Gasteiger partial charge in [0.25, 0.3) is 5.91 Å². The van der Waals surface area contributed by atoms with E-state index in [1.54, 1.807) is 0 Å². The molecule has 1 aliphatic heterocycles. The van der Waals surface area contributed by atoms with Crippen LogP contribution in [0.25, 0.3) is 0 Å². The van der Waals surface area contributed by atoms with Crippen LogP contribution in [0.2, 0.25) is 0 Å². The number of rotatable bonds is 9. The summed E-state index contributed by atoms with van der Waals surface area (Å²) in [5.41, 5.74) is 1.89. The van der Waals surface area contributed by atoms with Crippen LogP contribution in [0, 0.1) is 11.8 Å². The highest BCUT2D eigenvalue weighted by Gasteiger charge is 2.30. The van der Waals surface area contributed by atoms with Crippen LogP contribution in [0.5, 0.6) is 0 Å². The summed E-state index contributed by atoms with van der Waals surface area (Å²) in [5, 5.41) is 3.07. The predicted molar refractivity (Wildman–Crippen MR) is 114 cm³/mol. The van der Waals surface area contributed by atoms with Gasteiger partial charge in [-0.05, 0) is 69.2 Å². The van der Waals surface area contributed by atoms with Crippen molar-refractivity contribution in [3.05, 3.63) is 29.8 Å². The first-order valence-electron chi connectivity index (χ1n) is 11.0. The molecule has 1 heterocycles. The van der Waals surface area contributed by atoms with Crippen molar-refractivity contribution in [3.63, 3.8) is 0 Å². The largest absolute Gasteiger partial charge is 0.372 e. The van der Waals surface area contributed by atoms with Gasteiger partial charge in [0.1, 0.15) is 0 Å². The van der Waals surface area contributed by atoms with Crippen molar-refractivity contribution >= 4 is 17.5 Å². The summed E-state index contributed by atoms with van der Waals surface area (Å²) in [7, 11) is 0. The van der Waals surface area contributed by atoms with E-state index < -0.39 is 0 Å². The van der Waals surface area contributed by atoms with Crippen LogP contribution in [0.15, 0.2) is 24.3 Å². The van der Waals surface area contributed by atoms with Gasteiger partial charge in [0, 0.05) is 44.0 Å². The summed E-state index contributed by atoms with van der Waals surface area (Å²) in [6, 6.07) is 7.97. The Morgan fingerprint density at radius 3 is 2.54 bits per heavy atom. The molecule has 2 aliphatic rings. The highest BCUT2D eigenvalue weighted by atomic mass is 16.2. The maximum absolute atomic E-state index is 12.9. The molecular formula is C23H35N3O2. The Kier molecular flexibility index (Phi) is 7.35. The second-order valence-electron chi connectivity index (χ2n) is 8.26. The molecule has 0 bridgehead atoms. The number of benzene rings is 1. The smallest absolute Gasteiger partial charge is 0.253 e. The Balaban J connectivity index is 1.56. The lowest BCUT2D eigenvalue weighted by molar-refractivity contribution is -0.126. The van der Waals surface area contributed by atoms with Gasteiger partial charge in [-0.15, -0.1) is 0 Å². The average Bonchev–Trinajstić information content (AvgIpc) is 3.57. The molecule has 3 rings (SSSR count). The number of amides is 2. The van der Waals surface area contributed by atoms with Crippen LogP contribution in [0.3, 0.4) is 0 Å². The van der Waals surface area contributed by atoms with Gasteiger partial charge < -0.3 is 15.1 Å². The van der Waals surface area contributed by atoms with Crippen molar-refractivity contribution in [1.82, 2.24) is 10.2 Å². The number of carbonyl (C=O) groups is 2. The van der Waals surface area contributed by atoms with E-state index in [0.29, 0.717) is 18.0 Å². The minimum atomic E-state index is -0.0691. The highest BCUT2D eigenvalue weighted by Crippen LogP contribution is 2.28. The fraction of sp³-hybridized carbons (Fsp3) is 0.652. The summed E-state index contributed by atoms with van der Waals surface area (Å²) in [4.78, 5) is 29.6. The van der Waals surface area contributed by atoms with Crippen molar-refractivity contribution in [2.45, 2.75) is 52.4 Å². The van der Waals surface area contributed by atoms with Gasteiger partial charge >= 0.3 is 0 Å². The molecule has 1 aromatic rings. The maximum Gasteiger partial charge on any atom is 0.253 e. The number of hydrogen-bond donors (Lipinski definition) is 1. The molecule has 0 aromatic heterocycles. The minimum absolute atomic E-state index is 0.0443. The van der Waals surface area contributed by atoms with Crippen LogP contribution >= 0.6 is 0 Å². The minimum Gasteiger partial charge on any atom is -0.372 e. The molecule has 0 spiro atoms. The van der Waals surface area contributed by atoms with Crippen molar-refractivity contribution in [1.29, 1.82) is 0 Å². The number of likely N-dealkylation sites (tertiary alicyclic amines) is 1. The molecule has 2 amide bonds. The first-order valence-corrected chi connectivity index (χ1v) is 11.0. The van der Waals surface area contributed by atoms with E-state index >= 15 is 0 Å². The van der Waals surface area contributed by atoms with Crippen molar-refractivity contribution in [2.75, 3.05) is 37.6 Å². The van der Waals surface area contributed by atoms with E-state index in [-0.39, 0.29) is 17.7 Å². The molecule has 154 valence electrons. The topological polar surface area (TPSA) is 52.7 Å². The van der Waals surface area contributed by atoms with Crippen molar-refractivity contribution in [3.8, 4) is 0 Å². The molecule has 5 heteroatoms. The standard InChI is InChI=1S/C23H35N3O2/c1-3-5-14-25(4-2)21-12-10-19(11-13-21)23(28)26-15-6-7-20(17-26)22(27)24-16-18-8-9-18/h10-13,18,20H,3-9,14-17H2,1-2H3,(H,24,27). The zero-order chi connectivity index (χ0) is 19.9. The quantitative estimate of drug-likeness (QED) is 0.705. The molecule has 1 saturated carbocycles. The molecule has 5 nitrogen and oxygen atoms in total. The number of hydrogen-bond acceptors (Lipinski definition) is 3. The zero-order valence-electron chi connectivity index (χ0n) is 17.5. The monoisotopic (exact) mass is 385 g/mol. The molecule has 2 fully saturated rings. The SMILES string of the molecule is CCCCN(CC)c1ccc(C(=O)N2CCCC(C(=O)NCC3CC3)C2)cc1. The Bertz CT molecular complexity index is 654. The van der Waals surface area contributed by atoms with Crippen LogP contribution < -0.4 is 10.2 Å². The number of piperidine rings is 1. The van der Waals surface area contributed by atoms with Crippen molar-refractivity contribution < 1.29 is 9.59 Å². The van der Waals surface area contributed by atoms with E-state index in [0.717, 1.165) is 39.0 Å². The third-order valence-corrected chi connectivity index (χ3v) is 5.98. The van der Waals surface area contributed by atoms with E-state index in [2.05, 4.69) is 36.2 Å². The average molecular weight is 386 g/mol. The molecule has 1 aliphatic carbocycles. The second kappa shape index (κ2) is 9.94. The Labute approximate surface area is 169 Å². The van der Waals surface area contributed by atoms with Crippen LogP contribution in [0.4, 0.5) is 5.69 Å². The van der Waals surface area contributed by atoms with Gasteiger partial charge in [-0.1, -0.05) is 13.3 Å². The number of nitrogens with one attached hydrogen (secondary N) is 1. The lowest BCUT2D eigenvalue weighted by atomic mass is 9.96. The highest BCUT2D eigenvalue weighted by molar-refractivity contribution is 5.95. The summed E-state index contributed by atoms with van der Waals surface area (Å²) >= 11 is 0. The summed E-state index contributed by atoms with van der Waals surface area (Å²) in [6.07, 6.45) is 6.59. The van der Waals surface area contributed by atoms with Crippen LogP contribution in [-0.2, 0) is 4.79 Å². The molecule has 1 atom stereocenters. The molecular weight excluding hydrogens is 350 g/mol. The molecule has 1 aromatic carbocycles. The number of unbranched alkanes of at least 4 members (excludes halogenated alkanes) is 1. The van der Waals surface area contributed by atoms with Crippen LogP contribution in [0.1, 0.15) is 62.7 Å². The Morgan fingerprint density at radius 2 is 1.89 bits per heavy atom. The van der Waals surface area contributed by atoms with E-state index in [4.69, 9.17) is 0 Å². The normalized spacial score (nSPS) is 19.4. The summed E-state index contributed by atoms with van der Waals surface area (Å²) in [6.45, 7) is 8.46. The number of nitrogens with zero attached hydrogens (tertiary/aromatic N) is 2. The van der Waals surface area contributed by atoms with Crippen LogP contribution in [-0.4, -0.2) is 49.4 Å². The predicted octanol–water partition coefficient (Wildman–Crippen LogP) is 3.69. The zero-order valence-corrected chi connectivity index (χ0v) is 17.5. The third-order valence-electron chi connectivity index (χ3n) is 5.98. The fourth-order valence-corrected chi connectivity index (χ4v) is 3.90. The van der Waals surface area contributed by atoms with E-state index in [9.17, 15) is 9.59 Å². The first-order chi connectivity index (χ1) is 13.6. The second-order valence-corrected chi connectivity index (χ2v) is 8.26. The molecule has 0 radical (unpaired) electrons. The van der Waals surface area contributed by atoms with Gasteiger partial charge in [0.2, 0.25) is 5.91 Å². The van der Waals surface area contributed by atoms with Gasteiger partial charge in [0.15, 0.2) is 0 Å². The number of carbonyl (C=O) groups excluding carboxylic acids is 2. The Morgan fingerprint density at radius 1 is 1.14 bits per heavy atom. The first kappa shape index (κ1) is 20.7. The van der Waals surface area contributed by atoms with Gasteiger partial charge in [-0.2, -0.15) is 0 Å². The third kappa shape index (κ3) is 5.49. The summed E-state index contributed by atoms with van der Waals surface area (Å²) in [5.74, 6) is 0.779. The fourth-order valence-electron chi connectivity index (χ4n) is 3.90. The Hall–Kier alpha value is -2.04. The lowest BCUT2D eigenvalue weighted by Gasteiger charge is -2.32. The molecule has 1 N–H and O–H groups in total. The van der Waals surface area contributed by atoms with E-state index in [1.165, 1.54) is 31.4 Å². The molecule has 1 saturated heterocycles. The molecule has 1 unspecified atom stereocenters. The van der Waals surface area contributed by atoms with Gasteiger partial charge in [0.05, 0.1) is 5.92 Å². The lowest BCUT2D eigenvalue weighted by Crippen LogP contribution is -2.45. The van der Waals surface area contributed by atoms with Crippen molar-refractivity contribution in [2.24, 2.45) is 11.8 Å². The van der Waals surface area contributed by atoms with Gasteiger partial charge in [-0.3, -0.25) is 9.59 Å². The van der Waals surface area contributed by atoms with Gasteiger partial charge in [-0.25, -0.2) is 0 Å². The summed E-state index contributed by atoms with van der Waals surface area (Å²) < 4.78 is 0. The van der Waals surface area contributed by atoms with E-state index in [1.807, 2.05) is 17.0 Å². The maximum atomic E-state index is 12.9. The molecule has 28 heavy (non-hydrogen) atoms.